The van der Waals surface area contributed by atoms with Gasteiger partial charge in [-0.2, -0.15) is 0 Å². The van der Waals surface area contributed by atoms with Crippen molar-refractivity contribution in [3.8, 4) is 0 Å². The SMILES string of the molecule is NNC(c1ccc(C2CCC2)cc1)c1cc2sccc2s1. The van der Waals surface area contributed by atoms with E-state index >= 15 is 0 Å². The van der Waals surface area contributed by atoms with Gasteiger partial charge >= 0.3 is 0 Å². The van der Waals surface area contributed by atoms with Crippen LogP contribution in [0, 0.1) is 0 Å². The number of thiophene rings is 2. The zero-order valence-corrected chi connectivity index (χ0v) is 13.3. The van der Waals surface area contributed by atoms with Gasteiger partial charge in [0.25, 0.3) is 0 Å². The van der Waals surface area contributed by atoms with Crippen LogP contribution in [0.3, 0.4) is 0 Å². The van der Waals surface area contributed by atoms with Crippen molar-refractivity contribution in [1.82, 2.24) is 5.43 Å². The highest BCUT2D eigenvalue weighted by Gasteiger charge is 2.20. The topological polar surface area (TPSA) is 38.0 Å². The van der Waals surface area contributed by atoms with Crippen LogP contribution in [0.2, 0.25) is 0 Å². The van der Waals surface area contributed by atoms with Crippen molar-refractivity contribution in [2.75, 3.05) is 0 Å². The van der Waals surface area contributed by atoms with Crippen molar-refractivity contribution in [2.45, 2.75) is 31.2 Å². The highest BCUT2D eigenvalue weighted by atomic mass is 32.1. The lowest BCUT2D eigenvalue weighted by Gasteiger charge is -2.26. The summed E-state index contributed by atoms with van der Waals surface area (Å²) < 4.78 is 2.70. The molecule has 4 heteroatoms. The summed E-state index contributed by atoms with van der Waals surface area (Å²) in [5.41, 5.74) is 5.70. The molecule has 0 radical (unpaired) electrons. The largest absolute Gasteiger partial charge is 0.271 e. The minimum Gasteiger partial charge on any atom is -0.271 e. The van der Waals surface area contributed by atoms with Gasteiger partial charge in [0.1, 0.15) is 0 Å². The lowest BCUT2D eigenvalue weighted by atomic mass is 9.80. The summed E-state index contributed by atoms with van der Waals surface area (Å²) in [5, 5.41) is 2.14. The van der Waals surface area contributed by atoms with E-state index in [1.54, 1.807) is 11.3 Å². The molecule has 1 fully saturated rings. The molecule has 1 saturated carbocycles. The zero-order valence-electron chi connectivity index (χ0n) is 11.7. The Morgan fingerprint density at radius 2 is 1.90 bits per heavy atom. The highest BCUT2D eigenvalue weighted by molar-refractivity contribution is 7.27. The summed E-state index contributed by atoms with van der Waals surface area (Å²) >= 11 is 3.62. The molecule has 2 nitrogen and oxygen atoms in total. The quantitative estimate of drug-likeness (QED) is 0.537. The molecular weight excluding hydrogens is 296 g/mol. The first-order valence-corrected chi connectivity index (χ1v) is 9.07. The van der Waals surface area contributed by atoms with Gasteiger partial charge in [0.2, 0.25) is 0 Å². The van der Waals surface area contributed by atoms with Crippen LogP contribution in [0.15, 0.2) is 41.8 Å². The van der Waals surface area contributed by atoms with Crippen molar-refractivity contribution < 1.29 is 0 Å². The maximum atomic E-state index is 5.82. The second-order valence-electron chi connectivity index (χ2n) is 5.69. The summed E-state index contributed by atoms with van der Waals surface area (Å²) in [4.78, 5) is 1.29. The monoisotopic (exact) mass is 314 g/mol. The Morgan fingerprint density at radius 3 is 2.52 bits per heavy atom. The molecule has 3 aromatic rings. The molecule has 2 aromatic heterocycles. The highest BCUT2D eigenvalue weighted by Crippen LogP contribution is 2.38. The van der Waals surface area contributed by atoms with Crippen LogP contribution in [-0.4, -0.2) is 0 Å². The van der Waals surface area contributed by atoms with E-state index < -0.39 is 0 Å². The number of rotatable bonds is 4. The van der Waals surface area contributed by atoms with Gasteiger partial charge in [0.15, 0.2) is 0 Å². The standard InChI is InChI=1S/C17H18N2S2/c18-19-17(16-10-15-14(21-16)8-9-20-15)13-6-4-12(5-7-13)11-2-1-3-11/h4-11,17,19H,1-3,18H2. The number of hydrogen-bond acceptors (Lipinski definition) is 4. The van der Waals surface area contributed by atoms with E-state index in [1.165, 1.54) is 44.7 Å². The van der Waals surface area contributed by atoms with E-state index in [9.17, 15) is 0 Å². The predicted octanol–water partition coefficient (Wildman–Crippen LogP) is 4.78. The maximum absolute atomic E-state index is 5.82. The van der Waals surface area contributed by atoms with Crippen molar-refractivity contribution in [2.24, 2.45) is 5.84 Å². The van der Waals surface area contributed by atoms with Gasteiger partial charge < -0.3 is 0 Å². The van der Waals surface area contributed by atoms with E-state index in [0.29, 0.717) is 0 Å². The van der Waals surface area contributed by atoms with E-state index in [-0.39, 0.29) is 6.04 Å². The number of benzene rings is 1. The molecule has 1 aromatic carbocycles. The van der Waals surface area contributed by atoms with Crippen LogP contribution >= 0.6 is 22.7 Å². The molecule has 1 atom stereocenters. The molecule has 21 heavy (non-hydrogen) atoms. The Hall–Kier alpha value is -1.20. The Balaban J connectivity index is 1.63. The Labute approximate surface area is 132 Å². The summed E-state index contributed by atoms with van der Waals surface area (Å²) in [7, 11) is 0. The maximum Gasteiger partial charge on any atom is 0.0803 e. The fourth-order valence-electron chi connectivity index (χ4n) is 2.97. The Bertz CT molecular complexity index is 709. The molecule has 2 heterocycles. The van der Waals surface area contributed by atoms with Crippen LogP contribution in [0.4, 0.5) is 0 Å². The molecule has 0 saturated heterocycles. The second-order valence-corrected chi connectivity index (χ2v) is 7.76. The van der Waals surface area contributed by atoms with Crippen LogP contribution in [-0.2, 0) is 0 Å². The Kier molecular flexibility index (Phi) is 3.55. The van der Waals surface area contributed by atoms with Gasteiger partial charge in [-0.05, 0) is 47.4 Å². The fourth-order valence-corrected chi connectivity index (χ4v) is 5.18. The van der Waals surface area contributed by atoms with Gasteiger partial charge in [-0.3, -0.25) is 5.84 Å². The fraction of sp³-hybridized carbons (Fsp3) is 0.294. The number of hydrazine groups is 1. The average molecular weight is 314 g/mol. The lowest BCUT2D eigenvalue weighted by molar-refractivity contribution is 0.419. The smallest absolute Gasteiger partial charge is 0.0803 e. The van der Waals surface area contributed by atoms with Gasteiger partial charge in [0.05, 0.1) is 6.04 Å². The molecule has 1 unspecified atom stereocenters. The molecule has 1 aliphatic rings. The molecule has 3 N–H and O–H groups in total. The number of fused-ring (bicyclic) bond motifs is 1. The number of nitrogens with two attached hydrogens (primary N) is 1. The second kappa shape index (κ2) is 5.54. The third kappa shape index (κ3) is 2.42. The van der Waals surface area contributed by atoms with E-state index in [4.69, 9.17) is 5.84 Å². The van der Waals surface area contributed by atoms with Gasteiger partial charge in [-0.25, -0.2) is 5.43 Å². The number of nitrogens with one attached hydrogen (secondary N) is 1. The Morgan fingerprint density at radius 1 is 1.10 bits per heavy atom. The van der Waals surface area contributed by atoms with Gasteiger partial charge in [-0.15, -0.1) is 22.7 Å². The number of hydrogen-bond donors (Lipinski definition) is 2. The van der Waals surface area contributed by atoms with E-state index in [2.05, 4.69) is 47.2 Å². The molecule has 1 aliphatic carbocycles. The first-order valence-electron chi connectivity index (χ1n) is 7.38. The van der Waals surface area contributed by atoms with Crippen LogP contribution in [0.5, 0.6) is 0 Å². The van der Waals surface area contributed by atoms with Crippen molar-refractivity contribution in [1.29, 1.82) is 0 Å². The van der Waals surface area contributed by atoms with Gasteiger partial charge in [0, 0.05) is 14.3 Å². The van der Waals surface area contributed by atoms with Crippen LogP contribution < -0.4 is 11.3 Å². The van der Waals surface area contributed by atoms with Crippen molar-refractivity contribution in [3.63, 3.8) is 0 Å². The summed E-state index contributed by atoms with van der Waals surface area (Å²) in [6.45, 7) is 0. The van der Waals surface area contributed by atoms with Crippen molar-refractivity contribution in [3.05, 3.63) is 57.8 Å². The molecule has 108 valence electrons. The lowest BCUT2D eigenvalue weighted by Crippen LogP contribution is -2.28. The predicted molar refractivity (Wildman–Crippen MR) is 91.9 cm³/mol. The minimum atomic E-state index is 0.0880. The third-order valence-corrected chi connectivity index (χ3v) is 6.61. The minimum absolute atomic E-state index is 0.0880. The molecule has 0 amide bonds. The normalized spacial score (nSPS) is 17.0. The summed E-state index contributed by atoms with van der Waals surface area (Å²) in [6.07, 6.45) is 4.07. The van der Waals surface area contributed by atoms with E-state index in [0.717, 1.165) is 5.92 Å². The third-order valence-electron chi connectivity index (χ3n) is 4.46. The first kappa shape index (κ1) is 13.5. The van der Waals surface area contributed by atoms with E-state index in [1.807, 2.05) is 11.3 Å². The zero-order chi connectivity index (χ0) is 14.2. The van der Waals surface area contributed by atoms with Crippen LogP contribution in [0.1, 0.15) is 47.2 Å². The average Bonchev–Trinajstić information content (AvgIpc) is 3.01. The molecule has 4 rings (SSSR count). The summed E-state index contributed by atoms with van der Waals surface area (Å²) in [5.74, 6) is 6.61. The molecule has 0 aliphatic heterocycles. The molecule has 0 bridgehead atoms. The van der Waals surface area contributed by atoms with Gasteiger partial charge in [-0.1, -0.05) is 30.7 Å². The van der Waals surface area contributed by atoms with Crippen LogP contribution in [0.25, 0.3) is 9.40 Å². The molecule has 0 spiro atoms. The molecular formula is C17H18N2S2. The first-order chi connectivity index (χ1) is 10.3. The van der Waals surface area contributed by atoms with Crippen molar-refractivity contribution >= 4 is 32.1 Å². The summed E-state index contributed by atoms with van der Waals surface area (Å²) in [6, 6.07) is 13.5.